The van der Waals surface area contributed by atoms with Gasteiger partial charge in [0.2, 0.25) is 5.91 Å². The third-order valence-electron chi connectivity index (χ3n) is 3.93. The lowest BCUT2D eigenvalue weighted by atomic mass is 10.1. The number of nitrogens with one attached hydrogen (secondary N) is 1. The second kappa shape index (κ2) is 10.3. The van der Waals surface area contributed by atoms with Crippen molar-refractivity contribution in [2.24, 2.45) is 5.10 Å². The van der Waals surface area contributed by atoms with Crippen LogP contribution in [0.3, 0.4) is 0 Å². The summed E-state index contributed by atoms with van der Waals surface area (Å²) in [4.78, 5) is 11.9. The minimum absolute atomic E-state index is 0.122. The molecule has 4 nitrogen and oxygen atoms in total. The maximum atomic E-state index is 12.9. The molecule has 0 bridgehead atoms. The van der Waals surface area contributed by atoms with Crippen LogP contribution in [0.2, 0.25) is 0 Å². The van der Waals surface area contributed by atoms with Gasteiger partial charge in [0.25, 0.3) is 0 Å². The number of halogens is 3. The average molecular weight is 520 g/mol. The third-order valence-corrected chi connectivity index (χ3v) is 5.11. The Bertz CT molecular complexity index is 986. The van der Waals surface area contributed by atoms with Crippen LogP contribution in [-0.4, -0.2) is 12.1 Å². The molecule has 0 saturated heterocycles. The molecular weight excluding hydrogens is 503 g/mol. The van der Waals surface area contributed by atoms with E-state index in [1.807, 2.05) is 42.5 Å². The number of ether oxygens (including phenoxy) is 1. The van der Waals surface area contributed by atoms with Crippen molar-refractivity contribution in [3.8, 4) is 5.75 Å². The number of amides is 1. The zero-order valence-electron chi connectivity index (χ0n) is 15.2. The van der Waals surface area contributed by atoms with E-state index >= 15 is 0 Å². The maximum absolute atomic E-state index is 12.9. The van der Waals surface area contributed by atoms with Gasteiger partial charge < -0.3 is 4.74 Å². The van der Waals surface area contributed by atoms with Crippen molar-refractivity contribution >= 4 is 44.0 Å². The molecule has 3 aromatic carbocycles. The number of hydrogen-bond acceptors (Lipinski definition) is 3. The van der Waals surface area contributed by atoms with Gasteiger partial charge in [-0.3, -0.25) is 4.79 Å². The molecule has 3 aromatic rings. The minimum Gasteiger partial charge on any atom is -0.487 e. The van der Waals surface area contributed by atoms with Gasteiger partial charge in [-0.05, 0) is 72.8 Å². The van der Waals surface area contributed by atoms with Crippen LogP contribution in [0.5, 0.6) is 5.75 Å². The molecule has 0 aliphatic rings. The lowest BCUT2D eigenvalue weighted by Crippen LogP contribution is -2.19. The lowest BCUT2D eigenvalue weighted by molar-refractivity contribution is -0.120. The predicted molar refractivity (Wildman–Crippen MR) is 118 cm³/mol. The predicted octanol–water partition coefficient (Wildman–Crippen LogP) is 5.62. The van der Waals surface area contributed by atoms with Crippen molar-refractivity contribution in [1.29, 1.82) is 0 Å². The molecule has 0 aliphatic carbocycles. The smallest absolute Gasteiger partial charge is 0.244 e. The highest BCUT2D eigenvalue weighted by molar-refractivity contribution is 9.11. The normalized spacial score (nSPS) is 10.9. The van der Waals surface area contributed by atoms with Gasteiger partial charge in [-0.2, -0.15) is 5.10 Å². The molecule has 0 aromatic heterocycles. The summed E-state index contributed by atoms with van der Waals surface area (Å²) in [7, 11) is 0. The standard InChI is InChI=1S/C22H17Br2FN2O2/c23-19-10-17(11-20(24)22(19)29-14-16-4-2-1-3-5-16)13-26-27-21(28)12-15-6-8-18(25)9-7-15/h1-11,13H,12,14H2,(H,27,28)/b26-13+. The van der Waals surface area contributed by atoms with Crippen molar-refractivity contribution in [2.75, 3.05) is 0 Å². The monoisotopic (exact) mass is 518 g/mol. The highest BCUT2D eigenvalue weighted by Crippen LogP contribution is 2.35. The zero-order chi connectivity index (χ0) is 20.6. The number of carbonyl (C=O) groups excluding carboxylic acids is 1. The molecule has 0 heterocycles. The SMILES string of the molecule is O=C(Cc1ccc(F)cc1)N/N=C/c1cc(Br)c(OCc2ccccc2)c(Br)c1. The van der Waals surface area contributed by atoms with E-state index in [1.54, 1.807) is 18.3 Å². The van der Waals surface area contributed by atoms with Crippen LogP contribution in [0, 0.1) is 5.82 Å². The molecule has 0 saturated carbocycles. The number of hydrogen-bond donors (Lipinski definition) is 1. The molecule has 1 amide bonds. The molecule has 29 heavy (non-hydrogen) atoms. The Balaban J connectivity index is 1.57. The van der Waals surface area contributed by atoms with Gasteiger partial charge >= 0.3 is 0 Å². The summed E-state index contributed by atoms with van der Waals surface area (Å²) in [5.74, 6) is 0.0691. The minimum atomic E-state index is -0.334. The quantitative estimate of drug-likeness (QED) is 0.325. The second-order valence-corrected chi connectivity index (χ2v) is 7.89. The first kappa shape index (κ1) is 21.2. The van der Waals surface area contributed by atoms with Crippen LogP contribution in [0.1, 0.15) is 16.7 Å². The maximum Gasteiger partial charge on any atom is 0.244 e. The van der Waals surface area contributed by atoms with E-state index in [1.165, 1.54) is 12.1 Å². The Morgan fingerprint density at radius 2 is 1.66 bits per heavy atom. The Kier molecular flexibility index (Phi) is 7.55. The van der Waals surface area contributed by atoms with E-state index in [0.717, 1.165) is 20.1 Å². The fourth-order valence-corrected chi connectivity index (χ4v) is 3.98. The Labute approximate surface area is 185 Å². The number of carbonyl (C=O) groups is 1. The third kappa shape index (κ3) is 6.51. The largest absolute Gasteiger partial charge is 0.487 e. The van der Waals surface area contributed by atoms with Crippen molar-refractivity contribution in [3.63, 3.8) is 0 Å². The van der Waals surface area contributed by atoms with E-state index < -0.39 is 0 Å². The van der Waals surface area contributed by atoms with E-state index in [4.69, 9.17) is 4.74 Å². The van der Waals surface area contributed by atoms with Crippen LogP contribution in [-0.2, 0) is 17.8 Å². The summed E-state index contributed by atoms with van der Waals surface area (Å²) in [6.07, 6.45) is 1.66. The fourth-order valence-electron chi connectivity index (χ4n) is 2.53. The molecular formula is C22H17Br2FN2O2. The van der Waals surface area contributed by atoms with Crippen LogP contribution in [0.25, 0.3) is 0 Å². The van der Waals surface area contributed by atoms with Gasteiger partial charge in [-0.1, -0.05) is 42.5 Å². The first-order valence-corrected chi connectivity index (χ1v) is 10.3. The molecule has 7 heteroatoms. The highest BCUT2D eigenvalue weighted by Gasteiger charge is 2.09. The highest BCUT2D eigenvalue weighted by atomic mass is 79.9. The Morgan fingerprint density at radius 1 is 1.00 bits per heavy atom. The molecule has 148 valence electrons. The van der Waals surface area contributed by atoms with Crippen molar-refractivity contribution in [1.82, 2.24) is 5.43 Å². The molecule has 0 atom stereocenters. The van der Waals surface area contributed by atoms with Gasteiger partial charge in [-0.25, -0.2) is 9.82 Å². The van der Waals surface area contributed by atoms with Crippen LogP contribution in [0.4, 0.5) is 4.39 Å². The van der Waals surface area contributed by atoms with E-state index in [0.29, 0.717) is 17.9 Å². The first-order chi connectivity index (χ1) is 14.0. The molecule has 0 radical (unpaired) electrons. The molecule has 3 rings (SSSR count). The van der Waals surface area contributed by atoms with Crippen LogP contribution < -0.4 is 10.2 Å². The van der Waals surface area contributed by atoms with E-state index in [-0.39, 0.29) is 18.1 Å². The summed E-state index contributed by atoms with van der Waals surface area (Å²) >= 11 is 7.02. The molecule has 0 unspecified atom stereocenters. The summed E-state index contributed by atoms with van der Waals surface area (Å²) in [6.45, 7) is 0.449. The molecule has 1 N–H and O–H groups in total. The van der Waals surface area contributed by atoms with Crippen molar-refractivity contribution in [3.05, 3.63) is 98.2 Å². The van der Waals surface area contributed by atoms with Gasteiger partial charge in [-0.15, -0.1) is 0 Å². The topological polar surface area (TPSA) is 50.7 Å². The first-order valence-electron chi connectivity index (χ1n) is 8.73. The van der Waals surface area contributed by atoms with Gasteiger partial charge in [0.1, 0.15) is 18.2 Å². The van der Waals surface area contributed by atoms with Crippen LogP contribution in [0.15, 0.2) is 80.8 Å². The van der Waals surface area contributed by atoms with E-state index in [9.17, 15) is 9.18 Å². The van der Waals surface area contributed by atoms with Gasteiger partial charge in [0.05, 0.1) is 21.6 Å². The van der Waals surface area contributed by atoms with Crippen molar-refractivity contribution < 1.29 is 13.9 Å². The lowest BCUT2D eigenvalue weighted by Gasteiger charge is -2.11. The van der Waals surface area contributed by atoms with E-state index in [2.05, 4.69) is 42.4 Å². The second-order valence-electron chi connectivity index (χ2n) is 6.18. The fraction of sp³-hybridized carbons (Fsp3) is 0.0909. The van der Waals surface area contributed by atoms with Gasteiger partial charge in [0.15, 0.2) is 0 Å². The van der Waals surface area contributed by atoms with Crippen LogP contribution >= 0.6 is 31.9 Å². The summed E-state index contributed by atoms with van der Waals surface area (Å²) in [5.41, 5.74) is 5.03. The molecule has 0 fully saturated rings. The molecule has 0 aliphatic heterocycles. The number of hydrazone groups is 1. The number of nitrogens with zero attached hydrogens (tertiary/aromatic N) is 1. The Morgan fingerprint density at radius 3 is 2.31 bits per heavy atom. The zero-order valence-corrected chi connectivity index (χ0v) is 18.4. The van der Waals surface area contributed by atoms with Crippen molar-refractivity contribution in [2.45, 2.75) is 13.0 Å². The van der Waals surface area contributed by atoms with Gasteiger partial charge in [0, 0.05) is 0 Å². The number of rotatable bonds is 7. The molecule has 0 spiro atoms. The Hall–Kier alpha value is -2.51. The number of benzene rings is 3. The summed E-state index contributed by atoms with van der Waals surface area (Å²) < 4.78 is 20.3. The summed E-state index contributed by atoms with van der Waals surface area (Å²) in [6, 6.07) is 19.4. The summed E-state index contributed by atoms with van der Waals surface area (Å²) in [5, 5.41) is 3.98. The average Bonchev–Trinajstić information content (AvgIpc) is 2.70.